The number of hydrogen-bond donors (Lipinski definition) is 1. The molecule has 37 heavy (non-hydrogen) atoms. The summed E-state index contributed by atoms with van der Waals surface area (Å²) in [6.07, 6.45) is 0. The number of piperazine rings is 1. The van der Waals surface area contributed by atoms with E-state index < -0.39 is 0 Å². The molecular formula is C28H35N3O5S. The van der Waals surface area contributed by atoms with Gasteiger partial charge in [-0.15, -0.1) is 11.3 Å². The number of carbonyl (C=O) groups is 1. The lowest BCUT2D eigenvalue weighted by Crippen LogP contribution is -2.52. The molecule has 1 fully saturated rings. The maximum absolute atomic E-state index is 13.3. The van der Waals surface area contributed by atoms with Gasteiger partial charge in [-0.05, 0) is 54.8 Å². The molecule has 2 aromatic carbocycles. The van der Waals surface area contributed by atoms with Crippen LogP contribution in [0.4, 0.5) is 5.69 Å². The molecule has 8 nitrogen and oxygen atoms in total. The number of carbonyl (C=O) groups excluding carboxylic acids is 1. The SMILES string of the molecule is COc1ccc(N2CCN([C@H](c3cccs3)[C@@H](C)NC(=O)c3cc(OC)c(OC)c(OC)c3)CC2)cc1. The van der Waals surface area contributed by atoms with Gasteiger partial charge in [-0.3, -0.25) is 9.69 Å². The molecule has 1 aliphatic rings. The fourth-order valence-corrected chi connectivity index (χ4v) is 5.80. The number of anilines is 1. The quantitative estimate of drug-likeness (QED) is 0.419. The maximum atomic E-state index is 13.3. The molecule has 198 valence electrons. The van der Waals surface area contributed by atoms with Gasteiger partial charge in [0, 0.05) is 48.3 Å². The minimum atomic E-state index is -0.190. The van der Waals surface area contributed by atoms with E-state index in [-0.39, 0.29) is 18.0 Å². The molecule has 3 aromatic rings. The van der Waals surface area contributed by atoms with Crippen molar-refractivity contribution in [1.82, 2.24) is 10.2 Å². The molecule has 9 heteroatoms. The van der Waals surface area contributed by atoms with Gasteiger partial charge in [-0.25, -0.2) is 0 Å². The summed E-state index contributed by atoms with van der Waals surface area (Å²) in [5.74, 6) is 2.02. The second kappa shape index (κ2) is 12.2. The first-order valence-electron chi connectivity index (χ1n) is 12.3. The zero-order chi connectivity index (χ0) is 26.4. The van der Waals surface area contributed by atoms with Gasteiger partial charge in [0.05, 0.1) is 34.5 Å². The average Bonchev–Trinajstić information content (AvgIpc) is 3.47. The Hall–Kier alpha value is -3.43. The Morgan fingerprint density at radius 1 is 0.892 bits per heavy atom. The first-order valence-corrected chi connectivity index (χ1v) is 13.1. The van der Waals surface area contributed by atoms with Crippen LogP contribution in [0.2, 0.25) is 0 Å². The summed E-state index contributed by atoms with van der Waals surface area (Å²) in [6, 6.07) is 15.7. The number of nitrogens with one attached hydrogen (secondary N) is 1. The lowest BCUT2D eigenvalue weighted by molar-refractivity contribution is 0.0890. The van der Waals surface area contributed by atoms with E-state index in [4.69, 9.17) is 18.9 Å². The van der Waals surface area contributed by atoms with Crippen LogP contribution < -0.4 is 29.2 Å². The second-order valence-electron chi connectivity index (χ2n) is 8.86. The minimum Gasteiger partial charge on any atom is -0.497 e. The van der Waals surface area contributed by atoms with Crippen molar-refractivity contribution in [3.63, 3.8) is 0 Å². The van der Waals surface area contributed by atoms with Crippen molar-refractivity contribution in [2.45, 2.75) is 19.0 Å². The van der Waals surface area contributed by atoms with Gasteiger partial charge in [-0.1, -0.05) is 6.07 Å². The summed E-state index contributed by atoms with van der Waals surface area (Å²) >= 11 is 1.72. The fraction of sp³-hybridized carbons (Fsp3) is 0.393. The van der Waals surface area contributed by atoms with Crippen LogP contribution in [0.15, 0.2) is 53.9 Å². The second-order valence-corrected chi connectivity index (χ2v) is 9.84. The molecule has 0 saturated carbocycles. The summed E-state index contributed by atoms with van der Waals surface area (Å²) in [4.78, 5) is 19.4. The normalized spacial score (nSPS) is 15.5. The molecule has 1 aromatic heterocycles. The van der Waals surface area contributed by atoms with E-state index >= 15 is 0 Å². The Balaban J connectivity index is 1.49. The monoisotopic (exact) mass is 525 g/mol. The van der Waals surface area contributed by atoms with Gasteiger partial charge in [0.1, 0.15) is 5.75 Å². The number of amides is 1. The summed E-state index contributed by atoms with van der Waals surface area (Å²) in [6.45, 7) is 5.65. The molecule has 1 aliphatic heterocycles. The molecule has 1 saturated heterocycles. The number of methoxy groups -OCH3 is 4. The molecule has 2 atom stereocenters. The van der Waals surface area contributed by atoms with E-state index in [1.807, 2.05) is 12.1 Å². The molecule has 0 aliphatic carbocycles. The number of benzene rings is 2. The van der Waals surface area contributed by atoms with Crippen LogP contribution in [-0.4, -0.2) is 71.5 Å². The smallest absolute Gasteiger partial charge is 0.251 e. The summed E-state index contributed by atoms with van der Waals surface area (Å²) in [5, 5.41) is 5.31. The number of thiophene rings is 1. The molecule has 0 bridgehead atoms. The van der Waals surface area contributed by atoms with Crippen molar-refractivity contribution in [1.29, 1.82) is 0 Å². The fourth-order valence-electron chi connectivity index (χ4n) is 4.83. The van der Waals surface area contributed by atoms with E-state index in [9.17, 15) is 4.79 Å². The molecule has 0 spiro atoms. The third-order valence-corrected chi connectivity index (χ3v) is 7.68. The minimum absolute atomic E-state index is 0.0593. The molecule has 0 radical (unpaired) electrons. The van der Waals surface area contributed by atoms with Gasteiger partial charge in [0.25, 0.3) is 5.91 Å². The molecule has 0 unspecified atom stereocenters. The van der Waals surface area contributed by atoms with Crippen molar-refractivity contribution in [3.8, 4) is 23.0 Å². The lowest BCUT2D eigenvalue weighted by atomic mass is 10.0. The van der Waals surface area contributed by atoms with E-state index in [1.54, 1.807) is 51.9 Å². The summed E-state index contributed by atoms with van der Waals surface area (Å²) < 4.78 is 21.6. The number of rotatable bonds is 10. The highest BCUT2D eigenvalue weighted by Crippen LogP contribution is 2.38. The van der Waals surface area contributed by atoms with Crippen LogP contribution in [0.25, 0.3) is 0 Å². The highest BCUT2D eigenvalue weighted by atomic mass is 32.1. The van der Waals surface area contributed by atoms with Crippen molar-refractivity contribution < 1.29 is 23.7 Å². The first kappa shape index (κ1) is 26.6. The van der Waals surface area contributed by atoms with E-state index in [0.717, 1.165) is 31.9 Å². The van der Waals surface area contributed by atoms with Crippen LogP contribution in [0.1, 0.15) is 28.2 Å². The Morgan fingerprint density at radius 2 is 1.54 bits per heavy atom. The predicted octanol–water partition coefficient (Wildman–Crippen LogP) is 4.46. The van der Waals surface area contributed by atoms with Crippen molar-refractivity contribution in [2.24, 2.45) is 0 Å². The molecule has 2 heterocycles. The molecule has 1 amide bonds. The Morgan fingerprint density at radius 3 is 2.05 bits per heavy atom. The number of hydrogen-bond acceptors (Lipinski definition) is 8. The number of nitrogens with zero attached hydrogens (tertiary/aromatic N) is 2. The summed E-state index contributed by atoms with van der Waals surface area (Å²) in [5.41, 5.74) is 1.65. The molecule has 1 N–H and O–H groups in total. The third-order valence-electron chi connectivity index (χ3n) is 6.74. The zero-order valence-corrected chi connectivity index (χ0v) is 22.8. The van der Waals surface area contributed by atoms with Gasteiger partial charge in [0.2, 0.25) is 5.75 Å². The summed E-state index contributed by atoms with van der Waals surface area (Å²) in [7, 11) is 6.31. The lowest BCUT2D eigenvalue weighted by Gasteiger charge is -2.42. The van der Waals surface area contributed by atoms with Crippen molar-refractivity contribution in [3.05, 3.63) is 64.4 Å². The van der Waals surface area contributed by atoms with Crippen LogP contribution >= 0.6 is 11.3 Å². The van der Waals surface area contributed by atoms with E-state index in [2.05, 4.69) is 51.7 Å². The maximum Gasteiger partial charge on any atom is 0.251 e. The topological polar surface area (TPSA) is 72.5 Å². The predicted molar refractivity (Wildman–Crippen MR) is 147 cm³/mol. The van der Waals surface area contributed by atoms with Gasteiger partial charge in [-0.2, -0.15) is 0 Å². The largest absolute Gasteiger partial charge is 0.497 e. The van der Waals surface area contributed by atoms with Crippen LogP contribution in [0.5, 0.6) is 23.0 Å². The van der Waals surface area contributed by atoms with Gasteiger partial charge in [0.15, 0.2) is 11.5 Å². The first-order chi connectivity index (χ1) is 18.0. The number of ether oxygens (including phenoxy) is 4. The standard InChI is InChI=1S/C28H35N3O5S/c1-19(29-28(32)20-17-23(34-3)27(36-5)24(18-20)35-4)26(25-7-6-16-37-25)31-14-12-30(13-15-31)21-8-10-22(33-2)11-9-21/h6-11,16-19,26H,12-15H2,1-5H3,(H,29,32)/t19-,26+/m1/s1. The molecule has 4 rings (SSSR count). The zero-order valence-electron chi connectivity index (χ0n) is 22.0. The van der Waals surface area contributed by atoms with Crippen molar-refractivity contribution in [2.75, 3.05) is 59.5 Å². The molecular weight excluding hydrogens is 490 g/mol. The van der Waals surface area contributed by atoms with E-state index in [1.165, 1.54) is 10.6 Å². The Kier molecular flexibility index (Phi) is 8.78. The van der Waals surface area contributed by atoms with Crippen LogP contribution in [0.3, 0.4) is 0 Å². The third kappa shape index (κ3) is 5.94. The van der Waals surface area contributed by atoms with Gasteiger partial charge < -0.3 is 29.2 Å². The average molecular weight is 526 g/mol. The van der Waals surface area contributed by atoms with Crippen LogP contribution in [-0.2, 0) is 0 Å². The van der Waals surface area contributed by atoms with Crippen molar-refractivity contribution >= 4 is 22.9 Å². The van der Waals surface area contributed by atoms with E-state index in [0.29, 0.717) is 22.8 Å². The van der Waals surface area contributed by atoms with Crippen LogP contribution in [0, 0.1) is 0 Å². The highest BCUT2D eigenvalue weighted by Gasteiger charge is 2.31. The van der Waals surface area contributed by atoms with Gasteiger partial charge >= 0.3 is 0 Å². The highest BCUT2D eigenvalue weighted by molar-refractivity contribution is 7.10. The Bertz CT molecular complexity index is 1140. The Labute approximate surface area is 222 Å².